The van der Waals surface area contributed by atoms with Gasteiger partial charge in [-0.15, -0.1) is 0 Å². The van der Waals surface area contributed by atoms with Gasteiger partial charge in [0.05, 0.1) is 12.3 Å². The molecule has 1 rings (SSSR count). The van der Waals surface area contributed by atoms with Gasteiger partial charge in [0.2, 0.25) is 10.0 Å². The van der Waals surface area contributed by atoms with Crippen LogP contribution in [0.4, 0.5) is 0 Å². The summed E-state index contributed by atoms with van der Waals surface area (Å²) in [6.45, 7) is 0.470. The van der Waals surface area contributed by atoms with E-state index < -0.39 is 21.8 Å². The smallest absolute Gasteiger partial charge is 0.311 e. The molecule has 0 aromatic rings. The predicted octanol–water partition coefficient (Wildman–Crippen LogP) is -2.27. The molecule has 9 heteroatoms. The molecule has 1 aliphatic heterocycles. The number of carbonyl (C=O) groups is 2. The first-order valence-electron chi connectivity index (χ1n) is 5.25. The first kappa shape index (κ1) is 14.4. The highest BCUT2D eigenvalue weighted by atomic mass is 32.2. The SMILES string of the molecule is CS(=O)(=O)N1CCN(C(=O)C(=O)NCC#N)CC1. The van der Waals surface area contributed by atoms with Crippen molar-refractivity contribution in [3.05, 3.63) is 0 Å². The summed E-state index contributed by atoms with van der Waals surface area (Å²) >= 11 is 0. The number of hydrogen-bond acceptors (Lipinski definition) is 5. The van der Waals surface area contributed by atoms with E-state index in [9.17, 15) is 18.0 Å². The van der Waals surface area contributed by atoms with Gasteiger partial charge >= 0.3 is 11.8 Å². The zero-order chi connectivity index (χ0) is 13.8. The van der Waals surface area contributed by atoms with Crippen LogP contribution in [0.25, 0.3) is 0 Å². The van der Waals surface area contributed by atoms with Gasteiger partial charge in [0, 0.05) is 26.2 Å². The van der Waals surface area contributed by atoms with E-state index in [1.165, 1.54) is 9.21 Å². The van der Waals surface area contributed by atoms with Gasteiger partial charge in [-0.05, 0) is 0 Å². The van der Waals surface area contributed by atoms with Gasteiger partial charge in [0.1, 0.15) is 6.54 Å². The number of piperazine rings is 1. The number of nitriles is 1. The van der Waals surface area contributed by atoms with Crippen LogP contribution in [0.15, 0.2) is 0 Å². The molecule has 0 spiro atoms. The van der Waals surface area contributed by atoms with Crippen LogP contribution >= 0.6 is 0 Å². The molecule has 18 heavy (non-hydrogen) atoms. The molecule has 0 aliphatic carbocycles. The zero-order valence-corrected chi connectivity index (χ0v) is 10.7. The molecule has 0 aromatic carbocycles. The fourth-order valence-electron chi connectivity index (χ4n) is 1.56. The monoisotopic (exact) mass is 274 g/mol. The number of sulfonamides is 1. The summed E-state index contributed by atoms with van der Waals surface area (Å²) in [5, 5.41) is 10.4. The number of nitrogens with zero attached hydrogens (tertiary/aromatic N) is 3. The van der Waals surface area contributed by atoms with E-state index in [1.807, 2.05) is 0 Å². The average Bonchev–Trinajstić information content (AvgIpc) is 2.34. The second-order valence-electron chi connectivity index (χ2n) is 3.80. The van der Waals surface area contributed by atoms with E-state index in [0.29, 0.717) is 0 Å². The second-order valence-corrected chi connectivity index (χ2v) is 5.78. The Hall–Kier alpha value is -1.66. The number of amides is 2. The second kappa shape index (κ2) is 5.79. The lowest BCUT2D eigenvalue weighted by Crippen LogP contribution is -2.53. The number of rotatable bonds is 2. The van der Waals surface area contributed by atoms with E-state index in [-0.39, 0.29) is 32.7 Å². The maximum Gasteiger partial charge on any atom is 0.311 e. The molecule has 0 saturated carbocycles. The minimum absolute atomic E-state index is 0.172. The normalized spacial score (nSPS) is 17.0. The molecular weight excluding hydrogens is 260 g/mol. The molecule has 1 saturated heterocycles. The molecule has 0 unspecified atom stereocenters. The van der Waals surface area contributed by atoms with Crippen molar-refractivity contribution in [2.75, 3.05) is 39.0 Å². The Kier molecular flexibility index (Phi) is 4.63. The van der Waals surface area contributed by atoms with E-state index in [4.69, 9.17) is 5.26 Å². The Morgan fingerprint density at radius 1 is 1.28 bits per heavy atom. The van der Waals surface area contributed by atoms with Crippen LogP contribution in [0.1, 0.15) is 0 Å². The van der Waals surface area contributed by atoms with Crippen LogP contribution < -0.4 is 5.32 Å². The summed E-state index contributed by atoms with van der Waals surface area (Å²) < 4.78 is 23.7. The average molecular weight is 274 g/mol. The topological polar surface area (TPSA) is 111 Å². The maximum absolute atomic E-state index is 11.6. The summed E-state index contributed by atoms with van der Waals surface area (Å²) in [4.78, 5) is 24.2. The summed E-state index contributed by atoms with van der Waals surface area (Å²) in [7, 11) is -3.26. The van der Waals surface area contributed by atoms with Crippen molar-refractivity contribution < 1.29 is 18.0 Å². The van der Waals surface area contributed by atoms with Gasteiger partial charge in [-0.1, -0.05) is 0 Å². The lowest BCUT2D eigenvalue weighted by molar-refractivity contribution is -0.146. The molecule has 100 valence electrons. The van der Waals surface area contributed by atoms with Crippen molar-refractivity contribution in [2.45, 2.75) is 0 Å². The summed E-state index contributed by atoms with van der Waals surface area (Å²) in [5.74, 6) is -1.58. The van der Waals surface area contributed by atoms with Gasteiger partial charge in [0.25, 0.3) is 0 Å². The Balaban J connectivity index is 2.51. The first-order valence-corrected chi connectivity index (χ1v) is 7.10. The zero-order valence-electron chi connectivity index (χ0n) is 9.92. The first-order chi connectivity index (χ1) is 8.36. The van der Waals surface area contributed by atoms with Crippen LogP contribution in [0.2, 0.25) is 0 Å². The fourth-order valence-corrected chi connectivity index (χ4v) is 2.39. The predicted molar refractivity (Wildman–Crippen MR) is 61.6 cm³/mol. The van der Waals surface area contributed by atoms with Crippen molar-refractivity contribution in [2.24, 2.45) is 0 Å². The Morgan fingerprint density at radius 3 is 2.28 bits per heavy atom. The molecule has 1 aliphatic rings. The molecule has 1 N–H and O–H groups in total. The van der Waals surface area contributed by atoms with Crippen LogP contribution in [0.5, 0.6) is 0 Å². The van der Waals surface area contributed by atoms with Gasteiger partial charge in [0.15, 0.2) is 0 Å². The Labute approximate surface area is 105 Å². The van der Waals surface area contributed by atoms with E-state index >= 15 is 0 Å². The third kappa shape index (κ3) is 3.68. The standard InChI is InChI=1S/C9H14N4O4S/c1-18(16,17)13-6-4-12(5-7-13)9(15)8(14)11-3-2-10/h3-7H2,1H3,(H,11,14). The molecule has 0 bridgehead atoms. The molecule has 8 nitrogen and oxygen atoms in total. The lowest BCUT2D eigenvalue weighted by Gasteiger charge is -2.32. The van der Waals surface area contributed by atoms with Crippen molar-refractivity contribution in [3.8, 4) is 6.07 Å². The quantitative estimate of drug-likeness (QED) is 0.451. The number of hydrogen-bond donors (Lipinski definition) is 1. The molecular formula is C9H14N4O4S. The summed E-state index contributed by atoms with van der Waals surface area (Å²) in [6, 6.07) is 1.69. The van der Waals surface area contributed by atoms with Crippen LogP contribution in [-0.2, 0) is 19.6 Å². The number of carbonyl (C=O) groups excluding carboxylic acids is 2. The molecule has 0 aromatic heterocycles. The van der Waals surface area contributed by atoms with Gasteiger partial charge in [-0.3, -0.25) is 9.59 Å². The van der Waals surface area contributed by atoms with Crippen molar-refractivity contribution >= 4 is 21.8 Å². The van der Waals surface area contributed by atoms with E-state index in [2.05, 4.69) is 5.32 Å². The highest BCUT2D eigenvalue weighted by Gasteiger charge is 2.28. The third-order valence-corrected chi connectivity index (χ3v) is 3.82. The largest absolute Gasteiger partial charge is 0.335 e. The van der Waals surface area contributed by atoms with E-state index in [0.717, 1.165) is 6.26 Å². The Morgan fingerprint density at radius 2 is 1.83 bits per heavy atom. The highest BCUT2D eigenvalue weighted by Crippen LogP contribution is 2.06. The van der Waals surface area contributed by atoms with Gasteiger partial charge in [-0.2, -0.15) is 9.57 Å². The Bertz CT molecular complexity index is 473. The molecule has 0 radical (unpaired) electrons. The van der Waals surface area contributed by atoms with E-state index in [1.54, 1.807) is 6.07 Å². The van der Waals surface area contributed by atoms with Crippen LogP contribution in [0, 0.1) is 11.3 Å². The van der Waals surface area contributed by atoms with Gasteiger partial charge < -0.3 is 10.2 Å². The van der Waals surface area contributed by atoms with Crippen molar-refractivity contribution in [1.82, 2.24) is 14.5 Å². The third-order valence-electron chi connectivity index (χ3n) is 2.52. The molecule has 1 heterocycles. The number of nitrogens with one attached hydrogen (secondary N) is 1. The summed E-state index contributed by atoms with van der Waals surface area (Å²) in [6.07, 6.45) is 1.10. The summed E-state index contributed by atoms with van der Waals surface area (Å²) in [5.41, 5.74) is 0. The van der Waals surface area contributed by atoms with Crippen molar-refractivity contribution in [1.29, 1.82) is 5.26 Å². The molecule has 0 atom stereocenters. The van der Waals surface area contributed by atoms with Crippen LogP contribution in [-0.4, -0.2) is 68.4 Å². The minimum atomic E-state index is -3.26. The highest BCUT2D eigenvalue weighted by molar-refractivity contribution is 7.88. The molecule has 1 fully saturated rings. The molecule has 2 amide bonds. The maximum atomic E-state index is 11.6. The minimum Gasteiger partial charge on any atom is -0.335 e. The lowest BCUT2D eigenvalue weighted by atomic mass is 10.3. The van der Waals surface area contributed by atoms with Gasteiger partial charge in [-0.25, -0.2) is 8.42 Å². The fraction of sp³-hybridized carbons (Fsp3) is 0.667. The van der Waals surface area contributed by atoms with Crippen molar-refractivity contribution in [3.63, 3.8) is 0 Å². The van der Waals surface area contributed by atoms with Crippen LogP contribution in [0.3, 0.4) is 0 Å².